The molecule has 1 amide bonds. The lowest BCUT2D eigenvalue weighted by Crippen LogP contribution is -2.30. The van der Waals surface area contributed by atoms with Gasteiger partial charge in [-0.05, 0) is 31.9 Å². The lowest BCUT2D eigenvalue weighted by Gasteiger charge is -2.08. The number of carbonyl (C=O) groups excluding carboxylic acids is 1. The second-order valence-corrected chi connectivity index (χ2v) is 6.11. The van der Waals surface area contributed by atoms with Gasteiger partial charge in [-0.1, -0.05) is 35.9 Å². The maximum Gasteiger partial charge on any atom is 0.241 e. The summed E-state index contributed by atoms with van der Waals surface area (Å²) in [4.78, 5) is 16.5. The van der Waals surface area contributed by atoms with Crippen molar-refractivity contribution < 1.29 is 4.79 Å². The van der Waals surface area contributed by atoms with E-state index in [0.717, 1.165) is 34.3 Å². The number of nitrogens with zero attached hydrogens (tertiary/aromatic N) is 3. The molecule has 0 aliphatic rings. The number of rotatable bonds is 5. The number of fused-ring (bicyclic) bond motifs is 1. The van der Waals surface area contributed by atoms with Crippen molar-refractivity contribution in [1.29, 1.82) is 0 Å². The molecule has 2 heterocycles. The third-order valence-corrected chi connectivity index (χ3v) is 4.57. The van der Waals surface area contributed by atoms with Crippen LogP contribution in [0.4, 0.5) is 0 Å². The summed E-state index contributed by atoms with van der Waals surface area (Å²) < 4.78 is 1.63. The number of benzene rings is 1. The third-order valence-electron chi connectivity index (χ3n) is 4.02. The third kappa shape index (κ3) is 3.41. The van der Waals surface area contributed by atoms with Crippen LogP contribution in [-0.2, 0) is 17.8 Å². The summed E-state index contributed by atoms with van der Waals surface area (Å²) in [6, 6.07) is 10.1. The number of para-hydroxylation sites is 1. The van der Waals surface area contributed by atoms with Crippen molar-refractivity contribution in [2.24, 2.45) is 0 Å². The van der Waals surface area contributed by atoms with Crippen LogP contribution in [-0.4, -0.2) is 27.2 Å². The Kier molecular flexibility index (Phi) is 4.81. The fourth-order valence-corrected chi connectivity index (χ4v) is 2.86. The molecule has 1 aromatic carbocycles. The quantitative estimate of drug-likeness (QED) is 0.775. The topological polar surface area (TPSA) is 59.8 Å². The van der Waals surface area contributed by atoms with E-state index in [0.29, 0.717) is 11.6 Å². The molecule has 3 aromatic rings. The van der Waals surface area contributed by atoms with Crippen LogP contribution in [0, 0.1) is 13.8 Å². The molecule has 0 fully saturated rings. The summed E-state index contributed by atoms with van der Waals surface area (Å²) in [5, 5.41) is 8.93. The molecule has 3 rings (SSSR count). The smallest absolute Gasteiger partial charge is 0.241 e. The van der Waals surface area contributed by atoms with E-state index in [-0.39, 0.29) is 12.5 Å². The fourth-order valence-electron chi connectivity index (χ4n) is 2.73. The van der Waals surface area contributed by atoms with Crippen LogP contribution in [0.2, 0.25) is 5.02 Å². The molecule has 6 heteroatoms. The molecule has 0 spiro atoms. The number of pyridine rings is 1. The molecule has 0 unspecified atom stereocenters. The second-order valence-electron chi connectivity index (χ2n) is 5.73. The molecular formula is C18H19ClN4O. The Morgan fingerprint density at radius 3 is 2.79 bits per heavy atom. The van der Waals surface area contributed by atoms with Crippen molar-refractivity contribution in [2.75, 3.05) is 6.54 Å². The Balaban J connectivity index is 1.59. The summed E-state index contributed by atoms with van der Waals surface area (Å²) in [6.07, 6.45) is 2.52. The first-order valence-corrected chi connectivity index (χ1v) is 8.23. The Morgan fingerprint density at radius 1 is 1.25 bits per heavy atom. The summed E-state index contributed by atoms with van der Waals surface area (Å²) >= 11 is 6.10. The Hall–Kier alpha value is -2.40. The van der Waals surface area contributed by atoms with Gasteiger partial charge in [-0.3, -0.25) is 14.5 Å². The maximum atomic E-state index is 12.1. The zero-order chi connectivity index (χ0) is 17.1. The molecule has 0 atom stereocenters. The first-order valence-electron chi connectivity index (χ1n) is 7.85. The number of aromatic nitrogens is 3. The van der Waals surface area contributed by atoms with E-state index >= 15 is 0 Å². The monoisotopic (exact) mass is 342 g/mol. The minimum atomic E-state index is -0.0783. The number of hydrogen-bond donors (Lipinski definition) is 1. The fraction of sp³-hybridized carbons (Fsp3) is 0.278. The molecule has 0 radical (unpaired) electrons. The van der Waals surface area contributed by atoms with Crippen LogP contribution in [0.25, 0.3) is 10.9 Å². The summed E-state index contributed by atoms with van der Waals surface area (Å²) in [5.41, 5.74) is 3.66. The number of amides is 1. The Labute approximate surface area is 145 Å². The number of nitrogens with one attached hydrogen (secondary N) is 1. The van der Waals surface area contributed by atoms with Crippen molar-refractivity contribution in [2.45, 2.75) is 26.8 Å². The Bertz CT molecular complexity index is 883. The highest BCUT2D eigenvalue weighted by atomic mass is 35.5. The van der Waals surface area contributed by atoms with Crippen LogP contribution in [0.15, 0.2) is 36.5 Å². The van der Waals surface area contributed by atoms with Gasteiger partial charge in [0, 0.05) is 18.1 Å². The average Bonchev–Trinajstić information content (AvgIpc) is 2.82. The minimum absolute atomic E-state index is 0.0783. The molecule has 0 bridgehead atoms. The number of carbonyl (C=O) groups is 1. The first-order chi connectivity index (χ1) is 11.6. The van der Waals surface area contributed by atoms with Crippen LogP contribution in [0.3, 0.4) is 0 Å². The Morgan fingerprint density at radius 2 is 2.04 bits per heavy atom. The van der Waals surface area contributed by atoms with Gasteiger partial charge in [-0.2, -0.15) is 5.10 Å². The van der Waals surface area contributed by atoms with E-state index in [2.05, 4.69) is 15.4 Å². The lowest BCUT2D eigenvalue weighted by atomic mass is 10.1. The van der Waals surface area contributed by atoms with Gasteiger partial charge in [0.15, 0.2) is 0 Å². The van der Waals surface area contributed by atoms with E-state index < -0.39 is 0 Å². The highest BCUT2D eigenvalue weighted by molar-refractivity contribution is 6.31. The summed E-state index contributed by atoms with van der Waals surface area (Å²) in [7, 11) is 0. The zero-order valence-corrected chi connectivity index (χ0v) is 14.5. The van der Waals surface area contributed by atoms with Gasteiger partial charge in [0.05, 0.1) is 21.9 Å². The van der Waals surface area contributed by atoms with Crippen molar-refractivity contribution in [1.82, 2.24) is 20.1 Å². The standard InChI is InChI=1S/C18H19ClN4O/c1-12-17(19)13(2)23(22-12)11-16(24)20-10-8-15-6-3-5-14-7-4-9-21-18(14)15/h3-7,9H,8,10-11H2,1-2H3,(H,20,24). The molecule has 0 saturated carbocycles. The average molecular weight is 343 g/mol. The molecule has 0 aliphatic carbocycles. The molecule has 0 aliphatic heterocycles. The minimum Gasteiger partial charge on any atom is -0.354 e. The zero-order valence-electron chi connectivity index (χ0n) is 13.7. The molecule has 2 aromatic heterocycles. The van der Waals surface area contributed by atoms with Crippen LogP contribution < -0.4 is 5.32 Å². The number of halogens is 1. The maximum absolute atomic E-state index is 12.1. The molecule has 5 nitrogen and oxygen atoms in total. The predicted molar refractivity (Wildman–Crippen MR) is 95.2 cm³/mol. The van der Waals surface area contributed by atoms with Crippen molar-refractivity contribution in [3.63, 3.8) is 0 Å². The van der Waals surface area contributed by atoms with E-state index in [1.165, 1.54) is 0 Å². The summed E-state index contributed by atoms with van der Waals surface area (Å²) in [6.45, 7) is 4.42. The van der Waals surface area contributed by atoms with E-state index in [9.17, 15) is 4.79 Å². The van der Waals surface area contributed by atoms with Crippen molar-refractivity contribution >= 4 is 28.4 Å². The SMILES string of the molecule is Cc1nn(CC(=O)NCCc2cccc3cccnc23)c(C)c1Cl. The normalized spacial score (nSPS) is 11.0. The first kappa shape index (κ1) is 16.5. The van der Waals surface area contributed by atoms with Crippen LogP contribution >= 0.6 is 11.6 Å². The van der Waals surface area contributed by atoms with E-state index in [1.807, 2.05) is 44.2 Å². The van der Waals surface area contributed by atoms with Gasteiger partial charge >= 0.3 is 0 Å². The van der Waals surface area contributed by atoms with Gasteiger partial charge < -0.3 is 5.32 Å². The highest BCUT2D eigenvalue weighted by Crippen LogP contribution is 2.18. The van der Waals surface area contributed by atoms with Gasteiger partial charge in [0.2, 0.25) is 5.91 Å². The summed E-state index contributed by atoms with van der Waals surface area (Å²) in [5.74, 6) is -0.0783. The second kappa shape index (κ2) is 7.01. The van der Waals surface area contributed by atoms with Gasteiger partial charge in [0.25, 0.3) is 0 Å². The predicted octanol–water partition coefficient (Wildman–Crippen LogP) is 3.06. The van der Waals surface area contributed by atoms with Crippen molar-refractivity contribution in [3.05, 3.63) is 58.5 Å². The van der Waals surface area contributed by atoms with Crippen molar-refractivity contribution in [3.8, 4) is 0 Å². The molecule has 124 valence electrons. The number of hydrogen-bond acceptors (Lipinski definition) is 3. The van der Waals surface area contributed by atoms with Gasteiger partial charge in [-0.25, -0.2) is 0 Å². The molecule has 1 N–H and O–H groups in total. The molecular weight excluding hydrogens is 324 g/mol. The lowest BCUT2D eigenvalue weighted by molar-refractivity contribution is -0.121. The molecule has 0 saturated heterocycles. The van der Waals surface area contributed by atoms with E-state index in [4.69, 9.17) is 11.6 Å². The van der Waals surface area contributed by atoms with Crippen LogP contribution in [0.1, 0.15) is 17.0 Å². The van der Waals surface area contributed by atoms with Crippen LogP contribution in [0.5, 0.6) is 0 Å². The van der Waals surface area contributed by atoms with Gasteiger partial charge in [0.1, 0.15) is 6.54 Å². The largest absolute Gasteiger partial charge is 0.354 e. The van der Waals surface area contributed by atoms with Gasteiger partial charge in [-0.15, -0.1) is 0 Å². The highest BCUT2D eigenvalue weighted by Gasteiger charge is 2.12. The molecule has 24 heavy (non-hydrogen) atoms. The number of aryl methyl sites for hydroxylation is 1. The van der Waals surface area contributed by atoms with E-state index in [1.54, 1.807) is 10.9 Å².